The van der Waals surface area contributed by atoms with Gasteiger partial charge < -0.3 is 10.1 Å². The minimum atomic E-state index is -0.509. The SMILES string of the molecule is CCOC(=O)CC(C)Nc1cccc(Cl)c1F. The van der Waals surface area contributed by atoms with Crippen LogP contribution in [0, 0.1) is 5.82 Å². The van der Waals surface area contributed by atoms with Crippen LogP contribution >= 0.6 is 11.6 Å². The highest BCUT2D eigenvalue weighted by molar-refractivity contribution is 6.31. The van der Waals surface area contributed by atoms with Crippen LogP contribution in [0.3, 0.4) is 0 Å². The summed E-state index contributed by atoms with van der Waals surface area (Å²) in [6, 6.07) is 4.47. The number of hydrogen-bond acceptors (Lipinski definition) is 3. The van der Waals surface area contributed by atoms with Gasteiger partial charge in [-0.1, -0.05) is 17.7 Å². The standard InChI is InChI=1S/C12H15ClFNO2/c1-3-17-11(16)7-8(2)15-10-6-4-5-9(13)12(10)14/h4-6,8,15H,3,7H2,1-2H3. The van der Waals surface area contributed by atoms with Crippen molar-refractivity contribution < 1.29 is 13.9 Å². The maximum absolute atomic E-state index is 13.5. The molecule has 3 nitrogen and oxygen atoms in total. The fourth-order valence-corrected chi connectivity index (χ4v) is 1.58. The zero-order chi connectivity index (χ0) is 12.8. The molecule has 0 heterocycles. The van der Waals surface area contributed by atoms with E-state index in [-0.39, 0.29) is 29.1 Å². The summed E-state index contributed by atoms with van der Waals surface area (Å²) >= 11 is 5.65. The van der Waals surface area contributed by atoms with Gasteiger partial charge in [0, 0.05) is 6.04 Å². The Bertz CT molecular complexity index is 398. The van der Waals surface area contributed by atoms with E-state index in [1.54, 1.807) is 26.0 Å². The summed E-state index contributed by atoms with van der Waals surface area (Å²) in [7, 11) is 0. The molecule has 1 atom stereocenters. The van der Waals surface area contributed by atoms with Crippen LogP contribution in [0.1, 0.15) is 20.3 Å². The number of benzene rings is 1. The van der Waals surface area contributed by atoms with Crippen molar-refractivity contribution in [1.29, 1.82) is 0 Å². The van der Waals surface area contributed by atoms with Crippen molar-refractivity contribution in [1.82, 2.24) is 0 Å². The highest BCUT2D eigenvalue weighted by atomic mass is 35.5. The average Bonchev–Trinajstić information content (AvgIpc) is 2.25. The lowest BCUT2D eigenvalue weighted by molar-refractivity contribution is -0.143. The number of halogens is 2. The summed E-state index contributed by atoms with van der Waals surface area (Å²) in [6.45, 7) is 3.86. The first-order valence-electron chi connectivity index (χ1n) is 5.40. The lowest BCUT2D eigenvalue weighted by Gasteiger charge is -2.15. The van der Waals surface area contributed by atoms with E-state index in [9.17, 15) is 9.18 Å². The Balaban J connectivity index is 2.59. The zero-order valence-electron chi connectivity index (χ0n) is 9.80. The molecule has 0 aliphatic heterocycles. The molecule has 0 radical (unpaired) electrons. The van der Waals surface area contributed by atoms with Crippen molar-refractivity contribution >= 4 is 23.3 Å². The fourth-order valence-electron chi connectivity index (χ4n) is 1.40. The van der Waals surface area contributed by atoms with Crippen molar-refractivity contribution in [2.75, 3.05) is 11.9 Å². The first-order valence-corrected chi connectivity index (χ1v) is 5.78. The van der Waals surface area contributed by atoms with Crippen molar-refractivity contribution in [2.24, 2.45) is 0 Å². The van der Waals surface area contributed by atoms with Gasteiger partial charge >= 0.3 is 5.97 Å². The predicted molar refractivity (Wildman–Crippen MR) is 65.7 cm³/mol. The molecule has 1 aromatic carbocycles. The summed E-state index contributed by atoms with van der Waals surface area (Å²) in [5, 5.41) is 2.93. The molecule has 1 aromatic rings. The summed E-state index contributed by atoms with van der Waals surface area (Å²) in [6.07, 6.45) is 0.180. The average molecular weight is 260 g/mol. The zero-order valence-corrected chi connectivity index (χ0v) is 10.6. The molecule has 94 valence electrons. The Morgan fingerprint density at radius 2 is 2.29 bits per heavy atom. The van der Waals surface area contributed by atoms with E-state index in [0.717, 1.165) is 0 Å². The van der Waals surface area contributed by atoms with Crippen LogP contribution in [0.2, 0.25) is 5.02 Å². The fraction of sp³-hybridized carbons (Fsp3) is 0.417. The van der Waals surface area contributed by atoms with Gasteiger partial charge in [0.15, 0.2) is 5.82 Å². The lowest BCUT2D eigenvalue weighted by atomic mass is 10.2. The van der Waals surface area contributed by atoms with Crippen molar-refractivity contribution in [3.63, 3.8) is 0 Å². The number of hydrogen-bond donors (Lipinski definition) is 1. The molecule has 1 rings (SSSR count). The van der Waals surface area contributed by atoms with E-state index < -0.39 is 5.82 Å². The minimum Gasteiger partial charge on any atom is -0.466 e. The molecule has 0 fully saturated rings. The molecule has 0 aliphatic carbocycles. The number of esters is 1. The van der Waals surface area contributed by atoms with Crippen LogP contribution in [-0.2, 0) is 9.53 Å². The third kappa shape index (κ3) is 4.23. The highest BCUT2D eigenvalue weighted by Crippen LogP contribution is 2.22. The van der Waals surface area contributed by atoms with Gasteiger partial charge in [-0.05, 0) is 26.0 Å². The van der Waals surface area contributed by atoms with Gasteiger partial charge in [-0.3, -0.25) is 4.79 Å². The molecular weight excluding hydrogens is 245 g/mol. The minimum absolute atomic E-state index is 0.0540. The Morgan fingerprint density at radius 1 is 1.59 bits per heavy atom. The number of ether oxygens (including phenoxy) is 1. The third-order valence-corrected chi connectivity index (χ3v) is 2.42. The molecule has 1 unspecified atom stereocenters. The van der Waals surface area contributed by atoms with Crippen LogP contribution in [0.15, 0.2) is 18.2 Å². The quantitative estimate of drug-likeness (QED) is 0.825. The van der Waals surface area contributed by atoms with Gasteiger partial charge in [0.1, 0.15) is 0 Å². The van der Waals surface area contributed by atoms with E-state index in [0.29, 0.717) is 6.61 Å². The Labute approximate surface area is 105 Å². The third-order valence-electron chi connectivity index (χ3n) is 2.13. The molecule has 0 spiro atoms. The Kier molecular flexibility index (Phi) is 5.22. The molecule has 0 aliphatic rings. The van der Waals surface area contributed by atoms with Crippen LogP contribution < -0.4 is 5.32 Å². The number of anilines is 1. The molecule has 1 N–H and O–H groups in total. The van der Waals surface area contributed by atoms with Crippen LogP contribution in [-0.4, -0.2) is 18.6 Å². The number of rotatable bonds is 5. The van der Waals surface area contributed by atoms with Crippen LogP contribution in [0.5, 0.6) is 0 Å². The lowest BCUT2D eigenvalue weighted by Crippen LogP contribution is -2.21. The second-order valence-corrected chi connectivity index (χ2v) is 4.06. The monoisotopic (exact) mass is 259 g/mol. The predicted octanol–water partition coefficient (Wildman–Crippen LogP) is 3.23. The Morgan fingerprint density at radius 3 is 2.94 bits per heavy atom. The van der Waals surface area contributed by atoms with Gasteiger partial charge in [0.25, 0.3) is 0 Å². The highest BCUT2D eigenvalue weighted by Gasteiger charge is 2.12. The molecular formula is C12H15ClFNO2. The molecule has 0 bridgehead atoms. The van der Waals surface area contributed by atoms with E-state index in [1.807, 2.05) is 0 Å². The largest absolute Gasteiger partial charge is 0.466 e. The summed E-state index contributed by atoms with van der Waals surface area (Å²) in [4.78, 5) is 11.2. The molecule has 0 saturated heterocycles. The first kappa shape index (κ1) is 13.8. The number of nitrogens with one attached hydrogen (secondary N) is 1. The topological polar surface area (TPSA) is 38.3 Å². The van der Waals surface area contributed by atoms with E-state index >= 15 is 0 Å². The summed E-state index contributed by atoms with van der Waals surface area (Å²) in [5.74, 6) is -0.820. The Hall–Kier alpha value is -1.29. The molecule has 0 amide bonds. The van der Waals surface area contributed by atoms with E-state index in [2.05, 4.69) is 5.32 Å². The van der Waals surface area contributed by atoms with Gasteiger partial charge in [0.2, 0.25) is 0 Å². The second kappa shape index (κ2) is 6.45. The number of carbonyl (C=O) groups excluding carboxylic acids is 1. The molecule has 5 heteroatoms. The van der Waals surface area contributed by atoms with Gasteiger partial charge in [-0.2, -0.15) is 0 Å². The summed E-state index contributed by atoms with van der Waals surface area (Å²) in [5.41, 5.74) is 0.286. The normalized spacial score (nSPS) is 12.0. The summed E-state index contributed by atoms with van der Waals surface area (Å²) < 4.78 is 18.3. The van der Waals surface area contributed by atoms with Crippen molar-refractivity contribution in [2.45, 2.75) is 26.3 Å². The van der Waals surface area contributed by atoms with Gasteiger partial charge in [0.05, 0.1) is 23.7 Å². The maximum Gasteiger partial charge on any atom is 0.307 e. The second-order valence-electron chi connectivity index (χ2n) is 3.66. The van der Waals surface area contributed by atoms with E-state index in [4.69, 9.17) is 16.3 Å². The maximum atomic E-state index is 13.5. The molecule has 0 saturated carbocycles. The number of carbonyl (C=O) groups is 1. The van der Waals surface area contributed by atoms with E-state index in [1.165, 1.54) is 6.07 Å². The van der Waals surface area contributed by atoms with Crippen molar-refractivity contribution in [3.8, 4) is 0 Å². The molecule has 17 heavy (non-hydrogen) atoms. The molecule has 0 aromatic heterocycles. The van der Waals surface area contributed by atoms with Gasteiger partial charge in [-0.15, -0.1) is 0 Å². The van der Waals surface area contributed by atoms with Crippen molar-refractivity contribution in [3.05, 3.63) is 29.0 Å². The van der Waals surface area contributed by atoms with Gasteiger partial charge in [-0.25, -0.2) is 4.39 Å². The first-order chi connectivity index (χ1) is 8.04. The smallest absolute Gasteiger partial charge is 0.307 e. The van der Waals surface area contributed by atoms with Crippen LogP contribution in [0.4, 0.5) is 10.1 Å². The van der Waals surface area contributed by atoms with Crippen LogP contribution in [0.25, 0.3) is 0 Å².